The van der Waals surface area contributed by atoms with E-state index in [0.29, 0.717) is 17.2 Å². The van der Waals surface area contributed by atoms with Gasteiger partial charge in [-0.3, -0.25) is 9.59 Å². The average molecular weight is 341 g/mol. The molecule has 2 aromatic rings. The summed E-state index contributed by atoms with van der Waals surface area (Å²) in [5.74, 6) is 0.383. The van der Waals surface area contributed by atoms with Crippen LogP contribution in [0.3, 0.4) is 0 Å². The molecule has 1 aromatic heterocycles. The van der Waals surface area contributed by atoms with Crippen LogP contribution in [0.15, 0.2) is 58.3 Å². The number of hydrogen-bond donors (Lipinski definition) is 2. The zero-order chi connectivity index (χ0) is 18.1. The van der Waals surface area contributed by atoms with Gasteiger partial charge in [-0.2, -0.15) is 5.10 Å². The molecule has 0 aliphatic carbocycles. The number of nitrogens with one attached hydrogen (secondary N) is 2. The average Bonchev–Trinajstić information content (AvgIpc) is 3.17. The largest absolute Gasteiger partial charge is 0.496 e. The first-order valence-corrected chi connectivity index (χ1v) is 7.56. The number of rotatable bonds is 7. The Morgan fingerprint density at radius 3 is 2.76 bits per heavy atom. The predicted octanol–water partition coefficient (Wildman–Crippen LogP) is 1.96. The number of carbonyl (C=O) groups excluding carboxylic acids is 2. The van der Waals surface area contributed by atoms with Crippen LogP contribution in [0.25, 0.3) is 6.08 Å². The van der Waals surface area contributed by atoms with E-state index in [1.54, 1.807) is 38.3 Å². The molecule has 2 amide bonds. The summed E-state index contributed by atoms with van der Waals surface area (Å²) in [5.41, 5.74) is 3.64. The molecule has 25 heavy (non-hydrogen) atoms. The molecule has 0 spiro atoms. The molecule has 2 N–H and O–H groups in total. The molecule has 1 heterocycles. The van der Waals surface area contributed by atoms with Crippen LogP contribution in [0.4, 0.5) is 0 Å². The molecule has 2 rings (SSSR count). The van der Waals surface area contributed by atoms with Crippen LogP contribution in [0.5, 0.6) is 5.75 Å². The van der Waals surface area contributed by atoms with Gasteiger partial charge < -0.3 is 14.5 Å². The van der Waals surface area contributed by atoms with Gasteiger partial charge >= 0.3 is 0 Å². The smallest absolute Gasteiger partial charge is 0.259 e. The van der Waals surface area contributed by atoms with Gasteiger partial charge in [0.1, 0.15) is 17.2 Å². The van der Waals surface area contributed by atoms with Crippen LogP contribution >= 0.6 is 0 Å². The van der Waals surface area contributed by atoms with Gasteiger partial charge in [-0.25, -0.2) is 5.43 Å². The minimum Gasteiger partial charge on any atom is -0.496 e. The highest BCUT2D eigenvalue weighted by Gasteiger charge is 2.05. The van der Waals surface area contributed by atoms with Crippen molar-refractivity contribution in [2.45, 2.75) is 6.92 Å². The summed E-state index contributed by atoms with van der Waals surface area (Å²) in [7, 11) is 1.56. The molecular weight excluding hydrogens is 322 g/mol. The van der Waals surface area contributed by atoms with Gasteiger partial charge in [-0.05, 0) is 31.2 Å². The van der Waals surface area contributed by atoms with Crippen molar-refractivity contribution in [3.8, 4) is 5.75 Å². The van der Waals surface area contributed by atoms with E-state index in [4.69, 9.17) is 9.15 Å². The molecule has 0 aliphatic heterocycles. The van der Waals surface area contributed by atoms with Gasteiger partial charge in [0, 0.05) is 11.6 Å². The summed E-state index contributed by atoms with van der Waals surface area (Å²) < 4.78 is 10.3. The van der Waals surface area contributed by atoms with Gasteiger partial charge in [0.05, 0.1) is 19.9 Å². The molecule has 0 unspecified atom stereocenters. The van der Waals surface area contributed by atoms with E-state index in [9.17, 15) is 9.59 Å². The van der Waals surface area contributed by atoms with Gasteiger partial charge in [-0.1, -0.05) is 18.2 Å². The van der Waals surface area contributed by atoms with E-state index in [-0.39, 0.29) is 6.54 Å². The second kappa shape index (κ2) is 9.07. The SMILES string of the molecule is COc1ccccc1C=CC(=O)NCC(=O)NN=C(C)c1ccco1. The molecule has 0 radical (unpaired) electrons. The Kier molecular flexibility index (Phi) is 6.53. The van der Waals surface area contributed by atoms with Crippen LogP contribution in [0.2, 0.25) is 0 Å². The molecule has 0 saturated heterocycles. The number of carbonyl (C=O) groups is 2. The highest BCUT2D eigenvalue weighted by atomic mass is 16.5. The number of benzene rings is 1. The lowest BCUT2D eigenvalue weighted by atomic mass is 10.2. The number of furan rings is 1. The zero-order valence-corrected chi connectivity index (χ0v) is 14.0. The minimum atomic E-state index is -0.440. The highest BCUT2D eigenvalue weighted by Crippen LogP contribution is 2.18. The molecule has 130 valence electrons. The third-order valence-electron chi connectivity index (χ3n) is 3.20. The van der Waals surface area contributed by atoms with E-state index in [1.807, 2.05) is 18.2 Å². The summed E-state index contributed by atoms with van der Waals surface area (Å²) >= 11 is 0. The Balaban J connectivity index is 1.80. The van der Waals surface area contributed by atoms with E-state index in [0.717, 1.165) is 5.56 Å². The van der Waals surface area contributed by atoms with Crippen molar-refractivity contribution in [3.05, 3.63) is 60.1 Å². The summed E-state index contributed by atoms with van der Waals surface area (Å²) in [6, 6.07) is 10.8. The fourth-order valence-electron chi connectivity index (χ4n) is 1.92. The third kappa shape index (κ3) is 5.65. The standard InChI is InChI=1S/C18H19N3O4/c1-13(15-8-5-11-25-15)20-21-18(23)12-19-17(22)10-9-14-6-3-4-7-16(14)24-2/h3-11H,12H2,1-2H3,(H,19,22)(H,21,23). The van der Waals surface area contributed by atoms with E-state index in [2.05, 4.69) is 15.8 Å². The minimum absolute atomic E-state index is 0.190. The number of hydrogen-bond acceptors (Lipinski definition) is 5. The van der Waals surface area contributed by atoms with Crippen LogP contribution < -0.4 is 15.5 Å². The molecule has 0 atom stereocenters. The van der Waals surface area contributed by atoms with E-state index >= 15 is 0 Å². The van der Waals surface area contributed by atoms with Crippen LogP contribution in [0.1, 0.15) is 18.2 Å². The Bertz CT molecular complexity index is 779. The number of ether oxygens (including phenoxy) is 1. The number of para-hydroxylation sites is 1. The second-order valence-electron chi connectivity index (χ2n) is 5.00. The van der Waals surface area contributed by atoms with Crippen molar-refractivity contribution in [3.63, 3.8) is 0 Å². The molecule has 1 aromatic carbocycles. The molecule has 0 saturated carbocycles. The summed E-state index contributed by atoms with van der Waals surface area (Å²) in [4.78, 5) is 23.5. The Morgan fingerprint density at radius 1 is 1.24 bits per heavy atom. The first-order chi connectivity index (χ1) is 12.1. The number of methoxy groups -OCH3 is 1. The Morgan fingerprint density at radius 2 is 2.04 bits per heavy atom. The maximum atomic E-state index is 11.8. The van der Waals surface area contributed by atoms with E-state index in [1.165, 1.54) is 12.3 Å². The molecule has 7 nitrogen and oxygen atoms in total. The first kappa shape index (κ1) is 18.0. The lowest BCUT2D eigenvalue weighted by molar-refractivity contribution is -0.123. The van der Waals surface area contributed by atoms with Crippen molar-refractivity contribution in [2.24, 2.45) is 5.10 Å². The molecule has 0 fully saturated rings. The molecule has 7 heteroatoms. The van der Waals surface area contributed by atoms with Crippen LogP contribution in [0, 0.1) is 0 Å². The maximum Gasteiger partial charge on any atom is 0.259 e. The highest BCUT2D eigenvalue weighted by molar-refractivity contribution is 5.97. The van der Waals surface area contributed by atoms with Crippen molar-refractivity contribution >= 4 is 23.6 Å². The molecular formula is C18H19N3O4. The summed E-state index contributed by atoms with van der Waals surface area (Å²) in [6.45, 7) is 1.51. The van der Waals surface area contributed by atoms with Gasteiger partial charge in [-0.15, -0.1) is 0 Å². The van der Waals surface area contributed by atoms with Crippen molar-refractivity contribution in [1.29, 1.82) is 0 Å². The lowest BCUT2D eigenvalue weighted by Gasteiger charge is -2.04. The summed E-state index contributed by atoms with van der Waals surface area (Å²) in [6.07, 6.45) is 4.47. The Labute approximate surface area is 145 Å². The number of nitrogens with zero attached hydrogens (tertiary/aromatic N) is 1. The second-order valence-corrected chi connectivity index (χ2v) is 5.00. The van der Waals surface area contributed by atoms with Crippen molar-refractivity contribution in [1.82, 2.24) is 10.7 Å². The normalized spacial score (nSPS) is 11.4. The predicted molar refractivity (Wildman–Crippen MR) is 94.1 cm³/mol. The summed E-state index contributed by atoms with van der Waals surface area (Å²) in [5, 5.41) is 6.38. The molecule has 0 aliphatic rings. The first-order valence-electron chi connectivity index (χ1n) is 7.56. The monoisotopic (exact) mass is 341 g/mol. The van der Waals surface area contributed by atoms with Gasteiger partial charge in [0.2, 0.25) is 5.91 Å². The fourth-order valence-corrected chi connectivity index (χ4v) is 1.92. The molecule has 0 bridgehead atoms. The van der Waals surface area contributed by atoms with Crippen LogP contribution in [-0.2, 0) is 9.59 Å². The topological polar surface area (TPSA) is 92.9 Å². The van der Waals surface area contributed by atoms with Gasteiger partial charge in [0.25, 0.3) is 5.91 Å². The van der Waals surface area contributed by atoms with Crippen LogP contribution in [-0.4, -0.2) is 31.2 Å². The van der Waals surface area contributed by atoms with Crippen molar-refractivity contribution < 1.29 is 18.7 Å². The quantitative estimate of drug-likeness (QED) is 0.457. The lowest BCUT2D eigenvalue weighted by Crippen LogP contribution is -2.34. The van der Waals surface area contributed by atoms with Gasteiger partial charge in [0.15, 0.2) is 0 Å². The zero-order valence-electron chi connectivity index (χ0n) is 14.0. The number of amides is 2. The fraction of sp³-hybridized carbons (Fsp3) is 0.167. The maximum absolute atomic E-state index is 11.8. The Hall–Kier alpha value is -3.35. The third-order valence-corrected chi connectivity index (χ3v) is 3.20. The number of hydrazone groups is 1. The van der Waals surface area contributed by atoms with Crippen molar-refractivity contribution in [2.75, 3.05) is 13.7 Å². The van der Waals surface area contributed by atoms with E-state index < -0.39 is 11.8 Å².